The first-order valence-electron chi connectivity index (χ1n) is 7.70. The molecular weight excluding hydrogens is 224 g/mol. The van der Waals surface area contributed by atoms with Crippen molar-refractivity contribution in [3.63, 3.8) is 0 Å². The summed E-state index contributed by atoms with van der Waals surface area (Å²) >= 11 is 0. The highest BCUT2D eigenvalue weighted by molar-refractivity contribution is 5.81. The van der Waals surface area contributed by atoms with Crippen LogP contribution in [-0.4, -0.2) is 18.5 Å². The molecule has 4 aliphatic carbocycles. The molecule has 4 bridgehead atoms. The predicted octanol–water partition coefficient (Wildman–Crippen LogP) is 1.91. The molecule has 1 atom stereocenters. The van der Waals surface area contributed by atoms with Crippen molar-refractivity contribution in [3.8, 4) is 0 Å². The Morgan fingerprint density at radius 3 is 2.22 bits per heavy atom. The van der Waals surface area contributed by atoms with Gasteiger partial charge in [0.15, 0.2) is 0 Å². The first-order valence-corrected chi connectivity index (χ1v) is 7.70. The van der Waals surface area contributed by atoms with Gasteiger partial charge in [-0.15, -0.1) is 0 Å². The van der Waals surface area contributed by atoms with Crippen LogP contribution in [0.2, 0.25) is 0 Å². The molecular formula is C15H26N2O. The average molecular weight is 250 g/mol. The SMILES string of the molecule is CCC(N)C(=O)NCC1C2CC3CC(C2)CC1C3. The Kier molecular flexibility index (Phi) is 3.35. The molecule has 0 aromatic heterocycles. The second kappa shape index (κ2) is 4.84. The second-order valence-electron chi connectivity index (χ2n) is 6.85. The fourth-order valence-electron chi connectivity index (χ4n) is 4.91. The minimum absolute atomic E-state index is 0.0475. The lowest BCUT2D eigenvalue weighted by Gasteiger charge is -2.54. The monoisotopic (exact) mass is 250 g/mol. The van der Waals surface area contributed by atoms with Crippen LogP contribution in [0.4, 0.5) is 0 Å². The molecule has 0 saturated heterocycles. The highest BCUT2D eigenvalue weighted by Gasteiger charge is 2.47. The molecule has 4 rings (SSSR count). The molecule has 0 spiro atoms. The van der Waals surface area contributed by atoms with Gasteiger partial charge in [0, 0.05) is 6.54 Å². The number of hydrogen-bond donors (Lipinski definition) is 2. The van der Waals surface area contributed by atoms with E-state index in [9.17, 15) is 4.79 Å². The molecule has 3 nitrogen and oxygen atoms in total. The quantitative estimate of drug-likeness (QED) is 0.801. The van der Waals surface area contributed by atoms with Crippen molar-refractivity contribution < 1.29 is 4.79 Å². The number of amides is 1. The van der Waals surface area contributed by atoms with Crippen LogP contribution in [0.3, 0.4) is 0 Å². The van der Waals surface area contributed by atoms with E-state index >= 15 is 0 Å². The van der Waals surface area contributed by atoms with Gasteiger partial charge < -0.3 is 11.1 Å². The maximum absolute atomic E-state index is 11.8. The van der Waals surface area contributed by atoms with Crippen LogP contribution in [0, 0.1) is 29.6 Å². The summed E-state index contributed by atoms with van der Waals surface area (Å²) in [6.45, 7) is 2.84. The molecule has 102 valence electrons. The van der Waals surface area contributed by atoms with E-state index in [4.69, 9.17) is 5.73 Å². The van der Waals surface area contributed by atoms with E-state index in [1.807, 2.05) is 6.92 Å². The molecule has 4 saturated carbocycles. The van der Waals surface area contributed by atoms with E-state index in [1.54, 1.807) is 0 Å². The van der Waals surface area contributed by atoms with Gasteiger partial charge in [0.1, 0.15) is 0 Å². The van der Waals surface area contributed by atoms with Gasteiger partial charge in [-0.3, -0.25) is 4.79 Å². The van der Waals surface area contributed by atoms with Crippen LogP contribution in [0.1, 0.15) is 45.4 Å². The Bertz CT molecular complexity index is 300. The van der Waals surface area contributed by atoms with Gasteiger partial charge in [-0.05, 0) is 68.1 Å². The molecule has 1 amide bonds. The third-order valence-corrected chi connectivity index (χ3v) is 5.71. The highest BCUT2D eigenvalue weighted by Crippen LogP contribution is 2.56. The number of carbonyl (C=O) groups is 1. The van der Waals surface area contributed by atoms with Crippen molar-refractivity contribution in [3.05, 3.63) is 0 Å². The Morgan fingerprint density at radius 2 is 1.72 bits per heavy atom. The van der Waals surface area contributed by atoms with Crippen LogP contribution >= 0.6 is 0 Å². The first kappa shape index (κ1) is 12.5. The minimum Gasteiger partial charge on any atom is -0.354 e. The second-order valence-corrected chi connectivity index (χ2v) is 6.85. The van der Waals surface area contributed by atoms with E-state index in [0.717, 1.165) is 42.6 Å². The van der Waals surface area contributed by atoms with E-state index in [-0.39, 0.29) is 11.9 Å². The van der Waals surface area contributed by atoms with Crippen LogP contribution in [0.5, 0.6) is 0 Å². The average Bonchev–Trinajstić information content (AvgIpc) is 2.35. The summed E-state index contributed by atoms with van der Waals surface area (Å²) in [4.78, 5) is 11.8. The normalized spacial score (nSPS) is 42.9. The van der Waals surface area contributed by atoms with Crippen LogP contribution in [0.25, 0.3) is 0 Å². The summed E-state index contributed by atoms with van der Waals surface area (Å²) in [5.74, 6) is 4.59. The van der Waals surface area contributed by atoms with Gasteiger partial charge in [-0.1, -0.05) is 6.92 Å². The highest BCUT2D eigenvalue weighted by atomic mass is 16.2. The number of nitrogens with one attached hydrogen (secondary N) is 1. The largest absolute Gasteiger partial charge is 0.354 e. The summed E-state index contributed by atoms with van der Waals surface area (Å²) in [7, 11) is 0. The molecule has 0 radical (unpaired) electrons. The van der Waals surface area contributed by atoms with Crippen molar-refractivity contribution >= 4 is 5.91 Å². The zero-order chi connectivity index (χ0) is 12.7. The Labute approximate surface area is 110 Å². The molecule has 1 unspecified atom stereocenters. The molecule has 3 heteroatoms. The van der Waals surface area contributed by atoms with Gasteiger partial charge in [0.05, 0.1) is 6.04 Å². The maximum atomic E-state index is 11.8. The van der Waals surface area contributed by atoms with Crippen molar-refractivity contribution in [2.24, 2.45) is 35.3 Å². The van der Waals surface area contributed by atoms with Crippen LogP contribution in [-0.2, 0) is 4.79 Å². The van der Waals surface area contributed by atoms with Crippen molar-refractivity contribution in [2.45, 2.75) is 51.5 Å². The molecule has 18 heavy (non-hydrogen) atoms. The number of carbonyl (C=O) groups excluding carboxylic acids is 1. The van der Waals surface area contributed by atoms with Gasteiger partial charge in [0.2, 0.25) is 5.91 Å². The smallest absolute Gasteiger partial charge is 0.236 e. The van der Waals surface area contributed by atoms with Crippen LogP contribution < -0.4 is 11.1 Å². The predicted molar refractivity (Wildman–Crippen MR) is 71.8 cm³/mol. The first-order chi connectivity index (χ1) is 8.67. The Morgan fingerprint density at radius 1 is 1.17 bits per heavy atom. The standard InChI is InChI=1S/C15H26N2O/c1-2-14(16)15(18)17-8-13-11-4-9-3-10(6-11)7-12(13)5-9/h9-14H,2-8,16H2,1H3,(H,17,18). The Hall–Kier alpha value is -0.570. The van der Waals surface area contributed by atoms with Crippen molar-refractivity contribution in [2.75, 3.05) is 6.54 Å². The lowest BCUT2D eigenvalue weighted by atomic mass is 9.52. The van der Waals surface area contributed by atoms with Gasteiger partial charge in [0.25, 0.3) is 0 Å². The minimum atomic E-state index is -0.318. The van der Waals surface area contributed by atoms with E-state index in [2.05, 4.69) is 5.32 Å². The summed E-state index contributed by atoms with van der Waals surface area (Å²) in [5, 5.41) is 3.10. The third kappa shape index (κ3) is 2.18. The number of hydrogen-bond acceptors (Lipinski definition) is 2. The number of rotatable bonds is 4. The van der Waals surface area contributed by atoms with Crippen molar-refractivity contribution in [1.29, 1.82) is 0 Å². The van der Waals surface area contributed by atoms with E-state index < -0.39 is 0 Å². The third-order valence-electron chi connectivity index (χ3n) is 5.71. The maximum Gasteiger partial charge on any atom is 0.236 e. The summed E-state index contributed by atoms with van der Waals surface area (Å²) in [5.41, 5.74) is 5.76. The van der Waals surface area contributed by atoms with E-state index in [1.165, 1.54) is 32.1 Å². The van der Waals surface area contributed by atoms with Gasteiger partial charge >= 0.3 is 0 Å². The fraction of sp³-hybridized carbons (Fsp3) is 0.933. The lowest BCUT2D eigenvalue weighted by molar-refractivity contribution is -0.123. The zero-order valence-electron chi connectivity index (χ0n) is 11.4. The fourth-order valence-corrected chi connectivity index (χ4v) is 4.91. The molecule has 0 heterocycles. The summed E-state index contributed by atoms with van der Waals surface area (Å²) < 4.78 is 0. The molecule has 4 fully saturated rings. The topological polar surface area (TPSA) is 55.1 Å². The van der Waals surface area contributed by atoms with Crippen LogP contribution in [0.15, 0.2) is 0 Å². The molecule has 3 N–H and O–H groups in total. The summed E-state index contributed by atoms with van der Waals surface area (Å²) in [6, 6.07) is -0.318. The molecule has 0 aromatic rings. The summed E-state index contributed by atoms with van der Waals surface area (Å²) in [6.07, 6.45) is 7.92. The van der Waals surface area contributed by atoms with Crippen molar-refractivity contribution in [1.82, 2.24) is 5.32 Å². The molecule has 4 aliphatic rings. The lowest BCUT2D eigenvalue weighted by Crippen LogP contribution is -2.50. The van der Waals surface area contributed by atoms with Gasteiger partial charge in [-0.25, -0.2) is 0 Å². The molecule has 0 aliphatic heterocycles. The zero-order valence-corrected chi connectivity index (χ0v) is 11.4. The van der Waals surface area contributed by atoms with E-state index in [0.29, 0.717) is 0 Å². The van der Waals surface area contributed by atoms with Gasteiger partial charge in [-0.2, -0.15) is 0 Å². The Balaban J connectivity index is 1.56. The number of nitrogens with two attached hydrogens (primary N) is 1. The molecule has 0 aromatic carbocycles.